The van der Waals surface area contributed by atoms with Crippen molar-refractivity contribution in [2.45, 2.75) is 31.2 Å². The van der Waals surface area contributed by atoms with Crippen LogP contribution < -0.4 is 16.4 Å². The van der Waals surface area contributed by atoms with E-state index in [1.165, 1.54) is 6.07 Å². The Morgan fingerprint density at radius 1 is 1.34 bits per heavy atom. The molecule has 32 heavy (non-hydrogen) atoms. The van der Waals surface area contributed by atoms with Gasteiger partial charge in [0.2, 0.25) is 5.29 Å². The summed E-state index contributed by atoms with van der Waals surface area (Å²) in [6.07, 6.45) is -2.83. The van der Waals surface area contributed by atoms with Gasteiger partial charge in [-0.05, 0) is 48.4 Å². The van der Waals surface area contributed by atoms with E-state index in [-0.39, 0.29) is 16.9 Å². The van der Waals surface area contributed by atoms with Crippen molar-refractivity contribution < 1.29 is 22.7 Å². The number of hydrogen-bond acceptors (Lipinski definition) is 7. The number of aliphatic imine (C=N–C) groups is 2. The molecule has 1 fully saturated rings. The molecule has 0 bridgehead atoms. The van der Waals surface area contributed by atoms with Crippen molar-refractivity contribution in [1.29, 1.82) is 0 Å². The minimum absolute atomic E-state index is 0.00517. The van der Waals surface area contributed by atoms with Gasteiger partial charge in [0.25, 0.3) is 5.91 Å². The van der Waals surface area contributed by atoms with Crippen molar-refractivity contribution >= 4 is 34.3 Å². The number of nitrogens with zero attached hydrogens (tertiary/aromatic N) is 3. The molecule has 4 N–H and O–H groups in total. The highest BCUT2D eigenvalue weighted by Crippen LogP contribution is 2.33. The Bertz CT molecular complexity index is 1000. The number of fused-ring (bicyclic) bond motifs is 1. The maximum Gasteiger partial charge on any atom is 0.416 e. The zero-order chi connectivity index (χ0) is 23.0. The Kier molecular flexibility index (Phi) is 6.04. The lowest BCUT2D eigenvalue weighted by Gasteiger charge is -2.29. The van der Waals surface area contributed by atoms with E-state index in [0.29, 0.717) is 43.4 Å². The van der Waals surface area contributed by atoms with Crippen LogP contribution in [0.4, 0.5) is 18.9 Å². The minimum Gasteiger partial charge on any atom is -0.399 e. The van der Waals surface area contributed by atoms with Gasteiger partial charge < -0.3 is 26.0 Å². The number of morpholine rings is 1. The lowest BCUT2D eigenvalue weighted by molar-refractivity contribution is -0.137. The Morgan fingerprint density at radius 3 is 2.75 bits per heavy atom. The predicted octanol–water partition coefficient (Wildman–Crippen LogP) is 2.03. The molecule has 2 unspecified atom stereocenters. The highest BCUT2D eigenvalue weighted by atomic mass is 35.5. The maximum atomic E-state index is 13.2. The fourth-order valence-electron chi connectivity index (χ4n) is 3.82. The van der Waals surface area contributed by atoms with E-state index in [1.54, 1.807) is 17.9 Å². The first-order valence-electron chi connectivity index (χ1n) is 10.0. The monoisotopic (exact) mass is 470 g/mol. The van der Waals surface area contributed by atoms with Crippen molar-refractivity contribution in [3.05, 3.63) is 41.1 Å². The second-order valence-electron chi connectivity index (χ2n) is 7.74. The van der Waals surface area contributed by atoms with Gasteiger partial charge in [-0.1, -0.05) is 0 Å². The van der Waals surface area contributed by atoms with Gasteiger partial charge in [-0.15, -0.1) is 0 Å². The van der Waals surface area contributed by atoms with E-state index in [4.69, 9.17) is 22.1 Å². The summed E-state index contributed by atoms with van der Waals surface area (Å²) in [5, 5.41) is 6.22. The Hall–Kier alpha value is -2.79. The molecule has 1 aromatic rings. The molecule has 1 saturated heterocycles. The first-order chi connectivity index (χ1) is 15.1. The highest BCUT2D eigenvalue weighted by Gasteiger charge is 2.38. The number of alkyl halides is 3. The summed E-state index contributed by atoms with van der Waals surface area (Å²) in [6, 6.07) is 1.86. The molecule has 3 atom stereocenters. The molecule has 1 aromatic carbocycles. The van der Waals surface area contributed by atoms with Crippen molar-refractivity contribution in [1.82, 2.24) is 15.5 Å². The lowest BCUT2D eigenvalue weighted by Crippen LogP contribution is -2.50. The number of benzene rings is 1. The number of rotatable bonds is 3. The van der Waals surface area contributed by atoms with Crippen LogP contribution in [0.1, 0.15) is 24.1 Å². The molecule has 0 spiro atoms. The van der Waals surface area contributed by atoms with E-state index in [0.717, 1.165) is 12.1 Å². The van der Waals surface area contributed by atoms with Gasteiger partial charge in [-0.3, -0.25) is 4.79 Å². The SMILES string of the molecule is C[C@@H](NC1=NC(Cl)=NC2C=C(C(=O)N3CCOCC3)NC12)c1cc(N)cc(C(F)(F)F)c1. The average Bonchev–Trinajstić information content (AvgIpc) is 3.17. The normalized spacial score (nSPS) is 24.0. The number of amidine groups is 2. The van der Waals surface area contributed by atoms with Gasteiger partial charge >= 0.3 is 6.18 Å². The molecular weight excluding hydrogens is 449 g/mol. The van der Waals surface area contributed by atoms with Gasteiger partial charge in [-0.2, -0.15) is 13.2 Å². The zero-order valence-corrected chi connectivity index (χ0v) is 17.9. The number of nitrogen functional groups attached to an aromatic ring is 1. The van der Waals surface area contributed by atoms with Crippen LogP contribution in [0.5, 0.6) is 0 Å². The molecule has 172 valence electrons. The second-order valence-corrected chi connectivity index (χ2v) is 8.08. The van der Waals surface area contributed by atoms with E-state index in [2.05, 4.69) is 20.6 Å². The molecule has 0 aliphatic carbocycles. The van der Waals surface area contributed by atoms with Crippen molar-refractivity contribution in [2.75, 3.05) is 32.0 Å². The molecule has 3 heterocycles. The maximum absolute atomic E-state index is 13.2. The highest BCUT2D eigenvalue weighted by molar-refractivity contribution is 6.66. The summed E-state index contributed by atoms with van der Waals surface area (Å²) in [6.45, 7) is 3.62. The standard InChI is InChI=1S/C20H22ClF3N6O2/c1-10(11-6-12(20(22,23)24)8-13(25)7-11)26-17-16-14(28-19(21)29-17)9-15(27-16)18(31)30-2-4-32-5-3-30/h6-10,14,16,27H,2-5,25H2,1H3,(H,26,28,29)/t10-,14?,16?/m1/s1. The third kappa shape index (κ3) is 4.68. The quantitative estimate of drug-likeness (QED) is 0.463. The molecule has 8 nitrogen and oxygen atoms in total. The van der Waals surface area contributed by atoms with Gasteiger partial charge in [-0.25, -0.2) is 9.98 Å². The van der Waals surface area contributed by atoms with Crippen molar-refractivity contribution in [3.63, 3.8) is 0 Å². The van der Waals surface area contributed by atoms with Gasteiger partial charge in [0.1, 0.15) is 17.9 Å². The summed E-state index contributed by atoms with van der Waals surface area (Å²) in [4.78, 5) is 23.0. The van der Waals surface area contributed by atoms with Crippen LogP contribution in [0.25, 0.3) is 0 Å². The number of nitrogens with one attached hydrogen (secondary N) is 2. The summed E-state index contributed by atoms with van der Waals surface area (Å²) in [5.74, 6) is 0.201. The average molecular weight is 471 g/mol. The Balaban J connectivity index is 1.51. The third-order valence-electron chi connectivity index (χ3n) is 5.45. The zero-order valence-electron chi connectivity index (χ0n) is 17.1. The predicted molar refractivity (Wildman–Crippen MR) is 114 cm³/mol. The largest absolute Gasteiger partial charge is 0.416 e. The smallest absolute Gasteiger partial charge is 0.399 e. The molecule has 3 aliphatic rings. The van der Waals surface area contributed by atoms with Crippen LogP contribution in [-0.4, -0.2) is 60.3 Å². The third-order valence-corrected chi connectivity index (χ3v) is 5.63. The van der Waals surface area contributed by atoms with Crippen LogP contribution in [0.2, 0.25) is 0 Å². The van der Waals surface area contributed by atoms with Crippen molar-refractivity contribution in [2.24, 2.45) is 9.98 Å². The van der Waals surface area contributed by atoms with Crippen LogP contribution in [0, 0.1) is 0 Å². The van der Waals surface area contributed by atoms with Crippen LogP contribution in [0.3, 0.4) is 0 Å². The Labute approximate surface area is 187 Å². The van der Waals surface area contributed by atoms with Crippen LogP contribution in [-0.2, 0) is 15.7 Å². The fraction of sp³-hybridized carbons (Fsp3) is 0.450. The van der Waals surface area contributed by atoms with Crippen LogP contribution >= 0.6 is 11.6 Å². The number of ether oxygens (including phenoxy) is 1. The number of carbonyl (C=O) groups is 1. The molecule has 1 amide bonds. The molecule has 0 saturated carbocycles. The summed E-state index contributed by atoms with van der Waals surface area (Å²) >= 11 is 6.08. The first kappa shape index (κ1) is 22.4. The first-order valence-corrected chi connectivity index (χ1v) is 10.4. The number of nitrogens with two attached hydrogens (primary N) is 1. The number of hydrogen-bond donors (Lipinski definition) is 3. The molecule has 4 rings (SSSR count). The molecule has 0 radical (unpaired) electrons. The molecular formula is C20H22ClF3N6O2. The summed E-state index contributed by atoms with van der Waals surface area (Å²) < 4.78 is 44.8. The number of anilines is 1. The molecule has 0 aromatic heterocycles. The number of halogens is 4. The van der Waals surface area contributed by atoms with E-state index in [9.17, 15) is 18.0 Å². The molecule has 12 heteroatoms. The van der Waals surface area contributed by atoms with Crippen LogP contribution in [0.15, 0.2) is 40.0 Å². The topological polar surface area (TPSA) is 104 Å². The fourth-order valence-corrected chi connectivity index (χ4v) is 4.02. The number of amides is 1. The second kappa shape index (κ2) is 8.62. The van der Waals surface area contributed by atoms with Gasteiger partial charge in [0.05, 0.1) is 24.5 Å². The number of carbonyl (C=O) groups excluding carboxylic acids is 1. The van der Waals surface area contributed by atoms with Gasteiger partial charge in [0.15, 0.2) is 0 Å². The van der Waals surface area contributed by atoms with E-state index in [1.807, 2.05) is 0 Å². The Morgan fingerprint density at radius 2 is 2.06 bits per heavy atom. The summed E-state index contributed by atoms with van der Waals surface area (Å²) in [5.41, 5.74) is 5.58. The van der Waals surface area contributed by atoms with Crippen molar-refractivity contribution in [3.8, 4) is 0 Å². The van der Waals surface area contributed by atoms with E-state index >= 15 is 0 Å². The lowest BCUT2D eigenvalue weighted by atomic mass is 10.0. The molecule has 3 aliphatic heterocycles. The van der Waals surface area contributed by atoms with Gasteiger partial charge in [0, 0.05) is 24.8 Å². The van der Waals surface area contributed by atoms with E-state index < -0.39 is 29.9 Å². The summed E-state index contributed by atoms with van der Waals surface area (Å²) in [7, 11) is 0. The minimum atomic E-state index is -4.51.